The highest BCUT2D eigenvalue weighted by Gasteiger charge is 2.39. The molecule has 0 radical (unpaired) electrons. The van der Waals surface area contributed by atoms with Crippen LogP contribution in [0.25, 0.3) is 0 Å². The maximum Gasteiger partial charge on any atom is 0.156 e. The van der Waals surface area contributed by atoms with Crippen LogP contribution in [0, 0.1) is 0 Å². The van der Waals surface area contributed by atoms with E-state index in [4.69, 9.17) is 9.47 Å². The molecule has 19 heavy (non-hydrogen) atoms. The lowest BCUT2D eigenvalue weighted by Crippen LogP contribution is -2.27. The fourth-order valence-corrected chi connectivity index (χ4v) is 2.13. The van der Waals surface area contributed by atoms with Gasteiger partial charge in [-0.05, 0) is 43.1 Å². The highest BCUT2D eigenvalue weighted by molar-refractivity contribution is 5.70. The second-order valence-electron chi connectivity index (χ2n) is 3.73. The number of carbonyl (C=O) groups excluding carboxylic acids is 1. The first-order valence-corrected chi connectivity index (χ1v) is 6.52. The molecule has 0 fully saturated rings. The number of hydrogen-bond acceptors (Lipinski definition) is 4. The molecule has 0 aromatic heterocycles. The largest absolute Gasteiger partial charge is 0.497 e. The summed E-state index contributed by atoms with van der Waals surface area (Å²) in [5.41, 5.74) is 5.85. The number of hydrogen-bond donors (Lipinski definition) is 1. The third kappa shape index (κ3) is 3.55. The van der Waals surface area contributed by atoms with Crippen molar-refractivity contribution < 1.29 is 14.3 Å². The van der Waals surface area contributed by atoms with Crippen molar-refractivity contribution in [2.75, 3.05) is 21.3 Å². The minimum atomic E-state index is -0.760. The predicted molar refractivity (Wildman–Crippen MR) is 77.5 cm³/mol. The van der Waals surface area contributed by atoms with Gasteiger partial charge in [-0.15, -0.1) is 0 Å². The van der Waals surface area contributed by atoms with Gasteiger partial charge in [-0.3, -0.25) is 4.79 Å². The van der Waals surface area contributed by atoms with Crippen molar-refractivity contribution in [3.63, 3.8) is 0 Å². The average Bonchev–Trinajstić information content (AvgIpc) is 2.89. The zero-order valence-corrected chi connectivity index (χ0v) is 12.5. The van der Waals surface area contributed by atoms with E-state index in [9.17, 15) is 4.79 Å². The summed E-state index contributed by atoms with van der Waals surface area (Å²) in [6.07, 6.45) is 2.49. The van der Waals surface area contributed by atoms with Gasteiger partial charge in [0.1, 0.15) is 11.4 Å². The van der Waals surface area contributed by atoms with Crippen molar-refractivity contribution in [3.8, 4) is 5.75 Å². The van der Waals surface area contributed by atoms with Crippen molar-refractivity contribution in [2.24, 2.45) is 5.73 Å². The molecule has 0 saturated heterocycles. The molecule has 108 valence electrons. The van der Waals surface area contributed by atoms with Crippen molar-refractivity contribution in [2.45, 2.75) is 32.3 Å². The Labute approximate surface area is 115 Å². The van der Waals surface area contributed by atoms with Crippen LogP contribution in [0.3, 0.4) is 0 Å². The summed E-state index contributed by atoms with van der Waals surface area (Å²) >= 11 is 0. The van der Waals surface area contributed by atoms with Gasteiger partial charge < -0.3 is 15.2 Å². The molecule has 1 unspecified atom stereocenters. The van der Waals surface area contributed by atoms with Crippen LogP contribution in [0.5, 0.6) is 5.75 Å². The van der Waals surface area contributed by atoms with E-state index in [1.807, 2.05) is 32.0 Å². The van der Waals surface area contributed by atoms with Crippen molar-refractivity contribution in [1.29, 1.82) is 0 Å². The Balaban J connectivity index is 0.000000741. The minimum absolute atomic E-state index is 0.718. The van der Waals surface area contributed by atoms with E-state index < -0.39 is 5.60 Å². The van der Waals surface area contributed by atoms with E-state index in [1.165, 1.54) is 12.6 Å². The van der Waals surface area contributed by atoms with Crippen LogP contribution in [0.15, 0.2) is 18.2 Å². The fraction of sp³-hybridized carbons (Fsp3) is 0.533. The van der Waals surface area contributed by atoms with Gasteiger partial charge in [0.25, 0.3) is 0 Å². The lowest BCUT2D eigenvalue weighted by Gasteiger charge is -2.22. The van der Waals surface area contributed by atoms with E-state index in [2.05, 4.69) is 5.73 Å². The smallest absolute Gasteiger partial charge is 0.156 e. The number of carbonyl (C=O) groups is 1. The fourth-order valence-electron chi connectivity index (χ4n) is 2.13. The third-order valence-electron chi connectivity index (χ3n) is 3.09. The normalized spacial score (nSPS) is 19.3. The molecule has 1 aliphatic rings. The van der Waals surface area contributed by atoms with Gasteiger partial charge in [0.2, 0.25) is 0 Å². The first kappa shape index (κ1) is 17.6. The van der Waals surface area contributed by atoms with Gasteiger partial charge in [0.15, 0.2) is 6.29 Å². The highest BCUT2D eigenvalue weighted by atomic mass is 16.5. The number of methoxy groups -OCH3 is 2. The summed E-state index contributed by atoms with van der Waals surface area (Å²) in [6, 6.07) is 5.80. The number of ether oxygens (including phenoxy) is 2. The zero-order valence-electron chi connectivity index (χ0n) is 12.5. The van der Waals surface area contributed by atoms with Crippen LogP contribution >= 0.6 is 0 Å². The van der Waals surface area contributed by atoms with E-state index in [-0.39, 0.29) is 0 Å². The maximum absolute atomic E-state index is 11.2. The molecule has 1 atom stereocenters. The van der Waals surface area contributed by atoms with E-state index in [0.29, 0.717) is 0 Å². The standard InChI is InChI=1S/C12H14O3.C2H6.CH5N/c1-14-10-4-3-9-5-6-12(8-13,15-2)11(9)7-10;2*1-2/h3-4,7-8H,5-6H2,1-2H3;1-2H3;2H2,1H3. The second kappa shape index (κ2) is 8.67. The van der Waals surface area contributed by atoms with E-state index in [0.717, 1.165) is 30.4 Å². The van der Waals surface area contributed by atoms with Crippen LogP contribution in [-0.4, -0.2) is 27.6 Å². The molecule has 1 aliphatic carbocycles. The first-order valence-electron chi connectivity index (χ1n) is 6.52. The Morgan fingerprint density at radius 3 is 2.37 bits per heavy atom. The molecule has 0 bridgehead atoms. The van der Waals surface area contributed by atoms with Crippen molar-refractivity contribution in [3.05, 3.63) is 29.3 Å². The van der Waals surface area contributed by atoms with Crippen molar-refractivity contribution >= 4 is 6.29 Å². The van der Waals surface area contributed by atoms with Gasteiger partial charge in [0, 0.05) is 7.11 Å². The van der Waals surface area contributed by atoms with Gasteiger partial charge in [-0.25, -0.2) is 0 Å². The van der Waals surface area contributed by atoms with Gasteiger partial charge in [-0.1, -0.05) is 19.9 Å². The molecule has 1 aromatic carbocycles. The van der Waals surface area contributed by atoms with Gasteiger partial charge >= 0.3 is 0 Å². The van der Waals surface area contributed by atoms with Crippen molar-refractivity contribution in [1.82, 2.24) is 0 Å². The Bertz CT molecular complexity index is 393. The summed E-state index contributed by atoms with van der Waals surface area (Å²) in [5, 5.41) is 0. The second-order valence-corrected chi connectivity index (χ2v) is 3.73. The molecule has 4 nitrogen and oxygen atoms in total. The van der Waals surface area contributed by atoms with Crippen LogP contribution < -0.4 is 10.5 Å². The van der Waals surface area contributed by atoms with Crippen LogP contribution in [0.1, 0.15) is 31.4 Å². The van der Waals surface area contributed by atoms with Gasteiger partial charge in [-0.2, -0.15) is 0 Å². The summed E-state index contributed by atoms with van der Waals surface area (Å²) < 4.78 is 10.5. The summed E-state index contributed by atoms with van der Waals surface area (Å²) in [4.78, 5) is 11.2. The number of fused-ring (bicyclic) bond motifs is 1. The molecule has 0 aliphatic heterocycles. The molecule has 1 aromatic rings. The predicted octanol–water partition coefficient (Wildman–Crippen LogP) is 2.28. The Morgan fingerprint density at radius 2 is 1.89 bits per heavy atom. The van der Waals surface area contributed by atoms with Gasteiger partial charge in [0.05, 0.1) is 7.11 Å². The molecule has 2 rings (SSSR count). The molecule has 0 spiro atoms. The van der Waals surface area contributed by atoms with E-state index >= 15 is 0 Å². The monoisotopic (exact) mass is 267 g/mol. The zero-order chi connectivity index (χ0) is 14.9. The maximum atomic E-state index is 11.2. The molecule has 4 heteroatoms. The first-order chi connectivity index (χ1) is 9.25. The molecular weight excluding hydrogens is 242 g/mol. The number of rotatable bonds is 3. The molecule has 2 N–H and O–H groups in total. The number of aldehydes is 1. The summed E-state index contributed by atoms with van der Waals surface area (Å²) in [6.45, 7) is 4.00. The molecule has 0 heterocycles. The molecule has 0 amide bonds. The average molecular weight is 267 g/mol. The third-order valence-corrected chi connectivity index (χ3v) is 3.09. The van der Waals surface area contributed by atoms with Crippen LogP contribution in [0.2, 0.25) is 0 Å². The minimum Gasteiger partial charge on any atom is -0.497 e. The highest BCUT2D eigenvalue weighted by Crippen LogP contribution is 2.39. The molecule has 0 saturated carbocycles. The number of aryl methyl sites for hydroxylation is 1. The Morgan fingerprint density at radius 1 is 1.26 bits per heavy atom. The topological polar surface area (TPSA) is 61.5 Å². The lowest BCUT2D eigenvalue weighted by molar-refractivity contribution is -0.128. The van der Waals surface area contributed by atoms with Crippen LogP contribution in [-0.2, 0) is 21.6 Å². The summed E-state index contributed by atoms with van der Waals surface area (Å²) in [5.74, 6) is 0.763. The van der Waals surface area contributed by atoms with E-state index in [1.54, 1.807) is 14.2 Å². The summed E-state index contributed by atoms with van der Waals surface area (Å²) in [7, 11) is 4.69. The Kier molecular flexibility index (Phi) is 8.03. The Hall–Kier alpha value is -1.39. The lowest BCUT2D eigenvalue weighted by atomic mass is 9.97. The number of benzene rings is 1. The SMILES string of the molecule is CC.CN.COc1ccc2c(c1)C(C=O)(OC)CC2. The number of nitrogens with two attached hydrogens (primary N) is 1. The van der Waals surface area contributed by atoms with Crippen LogP contribution in [0.4, 0.5) is 0 Å². The quantitative estimate of drug-likeness (QED) is 0.853. The molecular formula is C15H25NO3.